The molecule has 3 aromatic rings. The fourth-order valence-electron chi connectivity index (χ4n) is 3.58. The van der Waals surface area contributed by atoms with Crippen molar-refractivity contribution in [3.05, 3.63) is 62.5 Å². The average Bonchev–Trinajstić information content (AvgIpc) is 3.06. The summed E-state index contributed by atoms with van der Waals surface area (Å²) in [5.74, 6) is 0.0658. The zero-order valence-corrected chi connectivity index (χ0v) is 18.1. The van der Waals surface area contributed by atoms with E-state index in [1.807, 2.05) is 39.0 Å². The van der Waals surface area contributed by atoms with Crippen LogP contribution in [0.4, 0.5) is 10.1 Å². The molecule has 2 heterocycles. The molecule has 1 aliphatic heterocycles. The van der Waals surface area contributed by atoms with E-state index in [1.54, 1.807) is 25.6 Å². The Morgan fingerprint density at radius 1 is 1.18 bits per heavy atom. The monoisotopic (exact) mass is 431 g/mol. The van der Waals surface area contributed by atoms with Crippen LogP contribution in [0.3, 0.4) is 0 Å². The third-order valence-corrected chi connectivity index (χ3v) is 8.16. The summed E-state index contributed by atoms with van der Waals surface area (Å²) in [5, 5.41) is 0. The van der Waals surface area contributed by atoms with Crippen molar-refractivity contribution < 1.29 is 13.9 Å². The molecule has 0 atom stereocenters. The van der Waals surface area contributed by atoms with Gasteiger partial charge in [-0.15, -0.1) is 0 Å². The van der Waals surface area contributed by atoms with E-state index in [0.717, 1.165) is 19.8 Å². The SMILES string of the molecule is CCOc1cccc2c1N(C(=O)c1ccc(F)cc1)C(C)(C)c1ssc(=S)c1-2. The van der Waals surface area contributed by atoms with Crippen LogP contribution in [0.5, 0.6) is 5.75 Å². The lowest BCUT2D eigenvalue weighted by molar-refractivity contribution is 0.0960. The molecular weight excluding hydrogens is 413 g/mol. The Labute approximate surface area is 175 Å². The standard InChI is InChI=1S/C21H18FNO2S3/c1-4-25-15-7-5-6-14-16-18(27-28-20(16)26)21(2,3)23(17(14)15)19(24)12-8-10-13(22)11-9-12/h5-11H,4H2,1-3H3. The molecule has 2 aromatic carbocycles. The number of rotatable bonds is 3. The van der Waals surface area contributed by atoms with E-state index in [9.17, 15) is 9.18 Å². The zero-order chi connectivity index (χ0) is 20.1. The second-order valence-corrected chi connectivity index (χ2v) is 9.77. The molecule has 28 heavy (non-hydrogen) atoms. The average molecular weight is 432 g/mol. The van der Waals surface area contributed by atoms with Gasteiger partial charge in [0.15, 0.2) is 0 Å². The number of carbonyl (C=O) groups excluding carboxylic acids is 1. The highest BCUT2D eigenvalue weighted by Crippen LogP contribution is 2.55. The summed E-state index contributed by atoms with van der Waals surface area (Å²) in [5.41, 5.74) is 2.43. The van der Waals surface area contributed by atoms with Gasteiger partial charge in [0, 0.05) is 16.7 Å². The summed E-state index contributed by atoms with van der Waals surface area (Å²) in [6.07, 6.45) is 0. The van der Waals surface area contributed by atoms with E-state index in [-0.39, 0.29) is 11.7 Å². The molecule has 1 aromatic heterocycles. The molecule has 144 valence electrons. The number of hydrogen-bond donors (Lipinski definition) is 0. The number of fused-ring (bicyclic) bond motifs is 3. The first-order chi connectivity index (χ1) is 13.4. The largest absolute Gasteiger partial charge is 0.492 e. The minimum Gasteiger partial charge on any atom is -0.492 e. The summed E-state index contributed by atoms with van der Waals surface area (Å²) < 4.78 is 20.1. The lowest BCUT2D eigenvalue weighted by Gasteiger charge is -2.43. The van der Waals surface area contributed by atoms with Gasteiger partial charge in [-0.1, -0.05) is 45.0 Å². The van der Waals surface area contributed by atoms with E-state index in [4.69, 9.17) is 17.0 Å². The van der Waals surface area contributed by atoms with E-state index in [2.05, 4.69) is 0 Å². The van der Waals surface area contributed by atoms with Gasteiger partial charge < -0.3 is 4.74 Å². The van der Waals surface area contributed by atoms with E-state index in [0.29, 0.717) is 23.6 Å². The number of halogens is 1. The number of ether oxygens (including phenoxy) is 1. The number of hydrogen-bond acceptors (Lipinski definition) is 5. The first kappa shape index (κ1) is 19.2. The zero-order valence-electron chi connectivity index (χ0n) is 15.6. The Bertz CT molecular complexity index is 1120. The van der Waals surface area contributed by atoms with Crippen molar-refractivity contribution in [3.63, 3.8) is 0 Å². The summed E-state index contributed by atoms with van der Waals surface area (Å²) >= 11 is 5.61. The quantitative estimate of drug-likeness (QED) is 0.344. The Kier molecular flexibility index (Phi) is 4.85. The van der Waals surface area contributed by atoms with Crippen molar-refractivity contribution in [3.8, 4) is 16.9 Å². The molecule has 0 fully saturated rings. The van der Waals surface area contributed by atoms with E-state index < -0.39 is 5.54 Å². The molecule has 1 amide bonds. The molecule has 0 spiro atoms. The van der Waals surface area contributed by atoms with Crippen LogP contribution >= 0.6 is 32.9 Å². The summed E-state index contributed by atoms with van der Waals surface area (Å²) in [7, 11) is 3.15. The highest BCUT2D eigenvalue weighted by atomic mass is 32.9. The van der Waals surface area contributed by atoms with Crippen LogP contribution in [0.2, 0.25) is 0 Å². The van der Waals surface area contributed by atoms with Crippen molar-refractivity contribution in [1.82, 2.24) is 0 Å². The normalized spacial score (nSPS) is 14.4. The second kappa shape index (κ2) is 7.06. The predicted molar refractivity (Wildman–Crippen MR) is 116 cm³/mol. The molecule has 0 N–H and O–H groups in total. The predicted octanol–water partition coefficient (Wildman–Crippen LogP) is 6.64. The fraction of sp³-hybridized carbons (Fsp3) is 0.238. The highest BCUT2D eigenvalue weighted by Gasteiger charge is 2.44. The Morgan fingerprint density at radius 3 is 2.57 bits per heavy atom. The van der Waals surface area contributed by atoms with Gasteiger partial charge in [0.2, 0.25) is 0 Å². The second-order valence-electron chi connectivity index (χ2n) is 6.95. The van der Waals surface area contributed by atoms with Crippen molar-refractivity contribution >= 4 is 44.5 Å². The fourth-order valence-corrected chi connectivity index (χ4v) is 6.86. The third-order valence-electron chi connectivity index (χ3n) is 4.83. The number of anilines is 1. The van der Waals surface area contributed by atoms with Crippen LogP contribution in [0.1, 0.15) is 36.0 Å². The maximum absolute atomic E-state index is 13.6. The van der Waals surface area contributed by atoms with E-state index in [1.165, 1.54) is 24.3 Å². The van der Waals surface area contributed by atoms with Gasteiger partial charge in [-0.25, -0.2) is 4.39 Å². The van der Waals surface area contributed by atoms with E-state index >= 15 is 0 Å². The van der Waals surface area contributed by atoms with Crippen LogP contribution in [-0.2, 0) is 5.54 Å². The molecule has 0 saturated heterocycles. The van der Waals surface area contributed by atoms with Crippen LogP contribution in [0.15, 0.2) is 42.5 Å². The number of nitrogens with zero attached hydrogens (tertiary/aromatic N) is 1. The first-order valence-electron chi connectivity index (χ1n) is 8.86. The third kappa shape index (κ3) is 2.89. The van der Waals surface area contributed by atoms with Gasteiger partial charge in [-0.3, -0.25) is 9.69 Å². The number of carbonyl (C=O) groups is 1. The van der Waals surface area contributed by atoms with Gasteiger partial charge >= 0.3 is 0 Å². The Morgan fingerprint density at radius 2 is 1.89 bits per heavy atom. The van der Waals surface area contributed by atoms with Crippen LogP contribution < -0.4 is 9.64 Å². The molecule has 4 rings (SSSR count). The molecule has 0 saturated carbocycles. The van der Waals surface area contributed by atoms with Crippen molar-refractivity contribution in [2.75, 3.05) is 11.5 Å². The molecule has 3 nitrogen and oxygen atoms in total. The maximum atomic E-state index is 13.6. The van der Waals surface area contributed by atoms with Gasteiger partial charge in [0.1, 0.15) is 15.4 Å². The number of benzene rings is 2. The lowest BCUT2D eigenvalue weighted by atomic mass is 9.86. The van der Waals surface area contributed by atoms with Crippen molar-refractivity contribution in [2.45, 2.75) is 26.3 Å². The molecule has 0 unspecified atom stereocenters. The van der Waals surface area contributed by atoms with Crippen molar-refractivity contribution in [1.29, 1.82) is 0 Å². The first-order valence-corrected chi connectivity index (χ1v) is 11.4. The topological polar surface area (TPSA) is 29.5 Å². The molecular formula is C21H18FNO2S3. The van der Waals surface area contributed by atoms with Crippen LogP contribution in [-0.4, -0.2) is 12.5 Å². The summed E-state index contributed by atoms with van der Waals surface area (Å²) in [6, 6.07) is 11.4. The highest BCUT2D eigenvalue weighted by molar-refractivity contribution is 7.80. The minimum absolute atomic E-state index is 0.201. The van der Waals surface area contributed by atoms with Gasteiger partial charge in [0.05, 0.1) is 22.7 Å². The van der Waals surface area contributed by atoms with Crippen LogP contribution in [0, 0.1) is 9.64 Å². The molecule has 7 heteroatoms. The van der Waals surface area contributed by atoms with Gasteiger partial charge in [-0.2, -0.15) is 0 Å². The Balaban J connectivity index is 2.00. The maximum Gasteiger partial charge on any atom is 0.259 e. The minimum atomic E-state index is -0.626. The van der Waals surface area contributed by atoms with Gasteiger partial charge in [0.25, 0.3) is 5.91 Å². The molecule has 1 aliphatic rings. The molecule has 0 aliphatic carbocycles. The van der Waals surface area contributed by atoms with Crippen molar-refractivity contribution in [2.24, 2.45) is 0 Å². The Hall–Kier alpha value is -2.09. The summed E-state index contributed by atoms with van der Waals surface area (Å²) in [6.45, 7) is 6.42. The lowest BCUT2D eigenvalue weighted by Crippen LogP contribution is -2.48. The molecule has 0 radical (unpaired) electrons. The van der Waals surface area contributed by atoms with Crippen LogP contribution in [0.25, 0.3) is 11.1 Å². The number of amides is 1. The molecule has 0 bridgehead atoms. The number of para-hydroxylation sites is 1. The van der Waals surface area contributed by atoms with Gasteiger partial charge in [-0.05, 0) is 51.1 Å². The smallest absolute Gasteiger partial charge is 0.259 e. The summed E-state index contributed by atoms with van der Waals surface area (Å²) in [4.78, 5) is 16.4.